The molecule has 0 aliphatic rings. The van der Waals surface area contributed by atoms with E-state index < -0.39 is 23.2 Å². The molecule has 0 spiro atoms. The molecule has 0 aliphatic heterocycles. The van der Waals surface area contributed by atoms with Crippen molar-refractivity contribution >= 4 is 33.6 Å². The van der Waals surface area contributed by atoms with E-state index in [9.17, 15) is 13.6 Å². The number of carbonyl (C=O) groups is 1. The Labute approximate surface area is 166 Å². The summed E-state index contributed by atoms with van der Waals surface area (Å²) in [7, 11) is 0. The minimum atomic E-state index is -1.30. The van der Waals surface area contributed by atoms with Gasteiger partial charge in [0.2, 0.25) is 5.95 Å². The van der Waals surface area contributed by atoms with Crippen molar-refractivity contribution in [2.75, 3.05) is 5.32 Å². The summed E-state index contributed by atoms with van der Waals surface area (Å²) in [5, 5.41) is 11.9. The monoisotopic (exact) mass is 414 g/mol. The van der Waals surface area contributed by atoms with Crippen LogP contribution in [-0.2, 0) is 0 Å². The van der Waals surface area contributed by atoms with Gasteiger partial charge in [-0.3, -0.25) is 4.79 Å². The smallest absolute Gasteiger partial charge is 0.259 e. The molecule has 0 unspecified atom stereocenters. The largest absolute Gasteiger partial charge is 0.313 e. The van der Waals surface area contributed by atoms with Crippen LogP contribution in [-0.4, -0.2) is 21.1 Å². The summed E-state index contributed by atoms with van der Waals surface area (Å²) in [5.41, 5.74) is 4.30. The van der Waals surface area contributed by atoms with Gasteiger partial charge in [-0.1, -0.05) is 23.5 Å². The topological polar surface area (TPSA) is 67.8 Å². The number of hydrogen-bond acceptors (Lipinski definition) is 6. The number of nitrogens with zero attached hydrogens (tertiary/aromatic N) is 3. The van der Waals surface area contributed by atoms with E-state index in [0.29, 0.717) is 5.00 Å². The number of nitrogens with one attached hydrogen (secondary N) is 1. The number of anilines is 1. The van der Waals surface area contributed by atoms with E-state index in [4.69, 9.17) is 0 Å². The summed E-state index contributed by atoms with van der Waals surface area (Å²) in [5.74, 6) is -3.30. The number of thiophene rings is 1. The second kappa shape index (κ2) is 7.53. The van der Waals surface area contributed by atoms with Crippen molar-refractivity contribution in [1.29, 1.82) is 0 Å². The maximum atomic E-state index is 13.8. The number of pyridine rings is 1. The highest BCUT2D eigenvalue weighted by atomic mass is 32.1. The zero-order valence-electron chi connectivity index (χ0n) is 14.4. The fourth-order valence-corrected chi connectivity index (χ4v) is 4.18. The van der Waals surface area contributed by atoms with Crippen molar-refractivity contribution in [3.05, 3.63) is 71.0 Å². The van der Waals surface area contributed by atoms with Gasteiger partial charge in [-0.15, -0.1) is 21.5 Å². The molecule has 4 aromatic rings. The number of aryl methyl sites for hydroxylation is 1. The average Bonchev–Trinajstić information content (AvgIpc) is 3.36. The predicted octanol–water partition coefficient (Wildman–Crippen LogP) is 5.17. The lowest BCUT2D eigenvalue weighted by atomic mass is 10.0. The lowest BCUT2D eigenvalue weighted by Gasteiger charge is -2.06. The molecule has 9 heteroatoms. The number of rotatable bonds is 4. The van der Waals surface area contributed by atoms with Crippen LogP contribution in [0.2, 0.25) is 0 Å². The SMILES string of the molecule is Cc1ccc(-c2nncs2)cc1-c1ccc(NC(=O)c2ccnc(F)c2F)s1. The van der Waals surface area contributed by atoms with E-state index >= 15 is 0 Å². The first-order valence-corrected chi connectivity index (χ1v) is 9.81. The van der Waals surface area contributed by atoms with Crippen LogP contribution in [0.1, 0.15) is 15.9 Å². The zero-order valence-corrected chi connectivity index (χ0v) is 16.1. The molecule has 1 amide bonds. The molecule has 0 radical (unpaired) electrons. The molecule has 1 N–H and O–H groups in total. The number of aromatic nitrogens is 3. The van der Waals surface area contributed by atoms with Crippen LogP contribution in [0.4, 0.5) is 13.8 Å². The molecule has 4 rings (SSSR count). The first-order valence-electron chi connectivity index (χ1n) is 8.11. The van der Waals surface area contributed by atoms with Gasteiger partial charge in [0.1, 0.15) is 10.5 Å². The van der Waals surface area contributed by atoms with Gasteiger partial charge in [-0.2, -0.15) is 4.39 Å². The van der Waals surface area contributed by atoms with Gasteiger partial charge in [0.15, 0.2) is 5.82 Å². The third-order valence-corrected chi connectivity index (χ3v) is 5.82. The number of halogens is 2. The molecule has 5 nitrogen and oxygen atoms in total. The third-order valence-electron chi connectivity index (χ3n) is 4.04. The Morgan fingerprint density at radius 1 is 1.14 bits per heavy atom. The van der Waals surface area contributed by atoms with Gasteiger partial charge < -0.3 is 5.32 Å². The van der Waals surface area contributed by atoms with E-state index in [1.807, 2.05) is 31.2 Å². The van der Waals surface area contributed by atoms with Crippen molar-refractivity contribution < 1.29 is 13.6 Å². The molecule has 28 heavy (non-hydrogen) atoms. The molecule has 0 aliphatic carbocycles. The van der Waals surface area contributed by atoms with Crippen LogP contribution in [0, 0.1) is 18.7 Å². The lowest BCUT2D eigenvalue weighted by molar-refractivity contribution is 0.102. The van der Waals surface area contributed by atoms with Gasteiger partial charge in [0.05, 0.1) is 10.6 Å². The maximum absolute atomic E-state index is 13.8. The Morgan fingerprint density at radius 3 is 2.79 bits per heavy atom. The Balaban J connectivity index is 1.61. The molecule has 0 fully saturated rings. The Bertz CT molecular complexity index is 1160. The van der Waals surface area contributed by atoms with E-state index in [1.165, 1.54) is 22.7 Å². The quantitative estimate of drug-likeness (QED) is 0.468. The maximum Gasteiger partial charge on any atom is 0.259 e. The highest BCUT2D eigenvalue weighted by Crippen LogP contribution is 2.36. The van der Waals surface area contributed by atoms with Crippen molar-refractivity contribution in [2.45, 2.75) is 6.92 Å². The van der Waals surface area contributed by atoms with Gasteiger partial charge in [-0.05, 0) is 42.3 Å². The second-order valence-electron chi connectivity index (χ2n) is 5.85. The first kappa shape index (κ1) is 18.3. The molecule has 1 aromatic carbocycles. The summed E-state index contributed by atoms with van der Waals surface area (Å²) < 4.78 is 27.0. The standard InChI is InChI=1S/C19H12F2N4OS2/c1-10-2-3-11(19-25-23-9-27-19)8-13(10)14-4-5-15(28-14)24-18(26)12-6-7-22-17(21)16(12)20/h2-9H,1H3,(H,24,26). The summed E-state index contributed by atoms with van der Waals surface area (Å²) in [6, 6.07) is 10.7. The Kier molecular flexibility index (Phi) is 4.93. The first-order chi connectivity index (χ1) is 13.5. The molecular formula is C19H12F2N4OS2. The van der Waals surface area contributed by atoms with Crippen LogP contribution < -0.4 is 5.32 Å². The molecule has 0 saturated carbocycles. The number of hydrogen-bond donors (Lipinski definition) is 1. The fourth-order valence-electron chi connectivity index (χ4n) is 2.64. The molecule has 3 aromatic heterocycles. The third kappa shape index (κ3) is 3.54. The summed E-state index contributed by atoms with van der Waals surface area (Å²) in [6.07, 6.45) is 1.05. The minimum Gasteiger partial charge on any atom is -0.313 e. The number of carbonyl (C=O) groups excluding carboxylic acids is 1. The highest BCUT2D eigenvalue weighted by Gasteiger charge is 2.17. The van der Waals surface area contributed by atoms with Gasteiger partial charge in [0, 0.05) is 16.6 Å². The van der Waals surface area contributed by atoms with Crippen LogP contribution in [0.3, 0.4) is 0 Å². The average molecular weight is 414 g/mol. The van der Waals surface area contributed by atoms with Crippen molar-refractivity contribution in [1.82, 2.24) is 15.2 Å². The van der Waals surface area contributed by atoms with Crippen molar-refractivity contribution in [3.8, 4) is 21.0 Å². The molecule has 0 atom stereocenters. The van der Waals surface area contributed by atoms with Crippen LogP contribution in [0.15, 0.2) is 48.1 Å². The van der Waals surface area contributed by atoms with Crippen LogP contribution in [0.25, 0.3) is 21.0 Å². The van der Waals surface area contributed by atoms with E-state index in [-0.39, 0.29) is 0 Å². The van der Waals surface area contributed by atoms with Gasteiger partial charge >= 0.3 is 0 Å². The normalized spacial score (nSPS) is 10.8. The summed E-state index contributed by atoms with van der Waals surface area (Å²) in [4.78, 5) is 16.4. The van der Waals surface area contributed by atoms with E-state index in [0.717, 1.165) is 38.8 Å². The van der Waals surface area contributed by atoms with Crippen molar-refractivity contribution in [3.63, 3.8) is 0 Å². The van der Waals surface area contributed by atoms with Crippen molar-refractivity contribution in [2.24, 2.45) is 0 Å². The predicted molar refractivity (Wildman–Crippen MR) is 106 cm³/mol. The summed E-state index contributed by atoms with van der Waals surface area (Å²) in [6.45, 7) is 1.99. The molecule has 140 valence electrons. The second-order valence-corrected chi connectivity index (χ2v) is 7.77. The highest BCUT2D eigenvalue weighted by molar-refractivity contribution is 7.19. The van der Waals surface area contributed by atoms with E-state index in [1.54, 1.807) is 11.6 Å². The molecule has 0 bridgehead atoms. The fraction of sp³-hybridized carbons (Fsp3) is 0.0526. The molecule has 0 saturated heterocycles. The molecule has 3 heterocycles. The minimum absolute atomic E-state index is 0.392. The number of amides is 1. The number of benzene rings is 1. The van der Waals surface area contributed by atoms with Gasteiger partial charge in [-0.25, -0.2) is 9.37 Å². The summed E-state index contributed by atoms with van der Waals surface area (Å²) >= 11 is 2.80. The Morgan fingerprint density at radius 2 is 2.00 bits per heavy atom. The van der Waals surface area contributed by atoms with E-state index in [2.05, 4.69) is 20.5 Å². The van der Waals surface area contributed by atoms with Gasteiger partial charge in [0.25, 0.3) is 5.91 Å². The Hall–Kier alpha value is -3.04. The zero-order chi connectivity index (χ0) is 19.7. The van der Waals surface area contributed by atoms with Crippen LogP contribution in [0.5, 0.6) is 0 Å². The molecular weight excluding hydrogens is 402 g/mol. The lowest BCUT2D eigenvalue weighted by Crippen LogP contribution is -2.14. The van der Waals surface area contributed by atoms with Crippen LogP contribution >= 0.6 is 22.7 Å².